The topological polar surface area (TPSA) is 169 Å². The van der Waals surface area contributed by atoms with Gasteiger partial charge >= 0.3 is 0 Å². The van der Waals surface area contributed by atoms with Crippen molar-refractivity contribution in [3.05, 3.63) is 48.5 Å². The van der Waals surface area contributed by atoms with Crippen LogP contribution in [-0.4, -0.2) is 83.3 Å². The SMILES string of the molecule is CC1(C)C[C@@H]2OCC[C@H](N)C(=O)N2C1C(=O)Nc1ccccc1SSc1ccccc1NC(=O)[C@@H]1N2C(=O)[C@@H](N)CCO[C@H]2CC1(C)C. The molecule has 12 nitrogen and oxygen atoms in total. The first-order valence-corrected chi connectivity index (χ1v) is 18.5. The van der Waals surface area contributed by atoms with E-state index in [1.807, 2.05) is 76.2 Å². The molecule has 6 rings (SSSR count). The predicted octanol–water partition coefficient (Wildman–Crippen LogP) is 3.76. The van der Waals surface area contributed by atoms with Gasteiger partial charge in [-0.2, -0.15) is 0 Å². The van der Waals surface area contributed by atoms with Gasteiger partial charge in [-0.05, 0) is 60.8 Å². The molecule has 0 radical (unpaired) electrons. The maximum absolute atomic E-state index is 13.9. The molecular formula is C34H44N6O6S2. The van der Waals surface area contributed by atoms with Crippen molar-refractivity contribution in [1.29, 1.82) is 0 Å². The van der Waals surface area contributed by atoms with Crippen molar-refractivity contribution in [2.75, 3.05) is 23.8 Å². The lowest BCUT2D eigenvalue weighted by atomic mass is 9.83. The number of rotatable bonds is 7. The molecule has 4 aliphatic heterocycles. The molecule has 0 bridgehead atoms. The Hall–Kier alpha value is -3.14. The number of nitrogens with two attached hydrogens (primary N) is 2. The number of ether oxygens (including phenoxy) is 2. The molecule has 4 heterocycles. The average molecular weight is 697 g/mol. The second-order valence-electron chi connectivity index (χ2n) is 14.3. The van der Waals surface area contributed by atoms with E-state index in [1.165, 1.54) is 31.4 Å². The Kier molecular flexibility index (Phi) is 9.86. The molecule has 0 saturated carbocycles. The quantitative estimate of drug-likeness (QED) is 0.313. The van der Waals surface area contributed by atoms with Gasteiger partial charge in [0.15, 0.2) is 0 Å². The van der Waals surface area contributed by atoms with Crippen LogP contribution in [0.3, 0.4) is 0 Å². The molecule has 6 atom stereocenters. The van der Waals surface area contributed by atoms with E-state index in [0.717, 1.165) is 9.79 Å². The van der Waals surface area contributed by atoms with Crippen molar-refractivity contribution in [3.63, 3.8) is 0 Å². The molecule has 0 aromatic heterocycles. The van der Waals surface area contributed by atoms with Gasteiger partial charge in [-0.25, -0.2) is 0 Å². The van der Waals surface area contributed by atoms with E-state index in [2.05, 4.69) is 10.6 Å². The van der Waals surface area contributed by atoms with E-state index in [-0.39, 0.29) is 23.6 Å². The second-order valence-corrected chi connectivity index (χ2v) is 16.5. The van der Waals surface area contributed by atoms with Gasteiger partial charge in [-0.3, -0.25) is 19.2 Å². The van der Waals surface area contributed by atoms with E-state index < -0.39 is 47.5 Å². The summed E-state index contributed by atoms with van der Waals surface area (Å²) in [5.74, 6) is -1.15. The van der Waals surface area contributed by atoms with Gasteiger partial charge in [-0.1, -0.05) is 73.5 Å². The zero-order valence-electron chi connectivity index (χ0n) is 27.6. The fourth-order valence-electron chi connectivity index (χ4n) is 7.25. The fraction of sp³-hybridized carbons (Fsp3) is 0.529. The molecule has 2 aromatic rings. The number of nitrogens with zero attached hydrogens (tertiary/aromatic N) is 2. The van der Waals surface area contributed by atoms with Crippen molar-refractivity contribution in [1.82, 2.24) is 9.80 Å². The Morgan fingerprint density at radius 3 is 1.48 bits per heavy atom. The maximum atomic E-state index is 13.9. The molecule has 0 spiro atoms. The highest BCUT2D eigenvalue weighted by Crippen LogP contribution is 2.47. The summed E-state index contributed by atoms with van der Waals surface area (Å²) in [5.41, 5.74) is 12.4. The summed E-state index contributed by atoms with van der Waals surface area (Å²) < 4.78 is 11.9. The van der Waals surface area contributed by atoms with Crippen LogP contribution in [0, 0.1) is 10.8 Å². The molecule has 48 heavy (non-hydrogen) atoms. The molecule has 4 amide bonds. The number of para-hydroxylation sites is 2. The van der Waals surface area contributed by atoms with Gasteiger partial charge in [-0.15, -0.1) is 0 Å². The Morgan fingerprint density at radius 2 is 1.08 bits per heavy atom. The number of carbonyl (C=O) groups is 4. The molecule has 2 aromatic carbocycles. The number of hydrogen-bond acceptors (Lipinski definition) is 10. The van der Waals surface area contributed by atoms with E-state index in [1.54, 1.807) is 0 Å². The average Bonchev–Trinajstić information content (AvgIpc) is 3.36. The number of carbonyl (C=O) groups excluding carboxylic acids is 4. The maximum Gasteiger partial charge on any atom is 0.247 e. The Balaban J connectivity index is 1.17. The molecule has 4 aliphatic rings. The van der Waals surface area contributed by atoms with Crippen molar-refractivity contribution in [2.24, 2.45) is 22.3 Å². The molecule has 14 heteroatoms. The first kappa shape index (κ1) is 34.7. The van der Waals surface area contributed by atoms with Gasteiger partial charge in [0, 0.05) is 9.79 Å². The molecular weight excluding hydrogens is 653 g/mol. The van der Waals surface area contributed by atoms with Crippen LogP contribution in [0.2, 0.25) is 0 Å². The van der Waals surface area contributed by atoms with Crippen molar-refractivity contribution in [3.8, 4) is 0 Å². The summed E-state index contributed by atoms with van der Waals surface area (Å²) in [6.45, 7) is 8.60. The lowest BCUT2D eigenvalue weighted by Gasteiger charge is -2.33. The van der Waals surface area contributed by atoms with Gasteiger partial charge < -0.3 is 41.4 Å². The fourth-order valence-corrected chi connectivity index (χ4v) is 9.53. The van der Waals surface area contributed by atoms with Crippen LogP contribution in [0.1, 0.15) is 53.4 Å². The third-order valence-corrected chi connectivity index (χ3v) is 12.2. The zero-order valence-corrected chi connectivity index (χ0v) is 29.3. The van der Waals surface area contributed by atoms with Gasteiger partial charge in [0.05, 0.1) is 36.7 Å². The lowest BCUT2D eigenvalue weighted by molar-refractivity contribution is -0.147. The molecule has 258 valence electrons. The number of anilines is 2. The number of amides is 4. The zero-order chi connectivity index (χ0) is 34.4. The third kappa shape index (κ3) is 6.70. The van der Waals surface area contributed by atoms with Gasteiger partial charge in [0.25, 0.3) is 0 Å². The summed E-state index contributed by atoms with van der Waals surface area (Å²) in [4.78, 5) is 58.9. The Labute approximate surface area is 288 Å². The van der Waals surface area contributed by atoms with Gasteiger partial charge in [0.1, 0.15) is 24.5 Å². The first-order valence-electron chi connectivity index (χ1n) is 16.3. The number of hydrogen-bond donors (Lipinski definition) is 4. The van der Waals surface area contributed by atoms with Crippen LogP contribution in [-0.2, 0) is 28.7 Å². The normalized spacial score (nSPS) is 29.5. The number of nitrogens with one attached hydrogen (secondary N) is 2. The van der Waals surface area contributed by atoms with Crippen molar-refractivity contribution < 1.29 is 28.7 Å². The number of fused-ring (bicyclic) bond motifs is 2. The first-order chi connectivity index (χ1) is 22.8. The number of benzene rings is 2. The van der Waals surface area contributed by atoms with E-state index >= 15 is 0 Å². The van der Waals surface area contributed by atoms with Crippen molar-refractivity contribution in [2.45, 2.75) is 99.8 Å². The Morgan fingerprint density at radius 1 is 0.708 bits per heavy atom. The highest BCUT2D eigenvalue weighted by Gasteiger charge is 2.55. The van der Waals surface area contributed by atoms with E-state index in [9.17, 15) is 19.2 Å². The minimum atomic E-state index is -0.753. The minimum absolute atomic E-state index is 0.271. The van der Waals surface area contributed by atoms with Crippen LogP contribution in [0.5, 0.6) is 0 Å². The summed E-state index contributed by atoms with van der Waals surface area (Å²) in [6, 6.07) is 12.0. The van der Waals surface area contributed by atoms with Crippen LogP contribution in [0.25, 0.3) is 0 Å². The molecule has 6 N–H and O–H groups in total. The summed E-state index contributed by atoms with van der Waals surface area (Å²) in [6.07, 6.45) is 0.900. The van der Waals surface area contributed by atoms with Crippen LogP contribution < -0.4 is 22.1 Å². The molecule has 4 saturated heterocycles. The molecule has 4 fully saturated rings. The summed E-state index contributed by atoms with van der Waals surface area (Å²) in [5, 5.41) is 6.15. The summed E-state index contributed by atoms with van der Waals surface area (Å²) in [7, 11) is 2.86. The monoisotopic (exact) mass is 696 g/mol. The second kappa shape index (κ2) is 13.6. The third-order valence-electron chi connectivity index (χ3n) is 9.69. The molecule has 1 unspecified atom stereocenters. The van der Waals surface area contributed by atoms with Crippen molar-refractivity contribution >= 4 is 56.6 Å². The highest BCUT2D eigenvalue weighted by atomic mass is 33.1. The lowest BCUT2D eigenvalue weighted by Crippen LogP contribution is -2.54. The van der Waals surface area contributed by atoms with Crippen LogP contribution in [0.4, 0.5) is 11.4 Å². The van der Waals surface area contributed by atoms with Gasteiger partial charge in [0.2, 0.25) is 23.6 Å². The highest BCUT2D eigenvalue weighted by molar-refractivity contribution is 8.76. The van der Waals surface area contributed by atoms with E-state index in [0.29, 0.717) is 50.3 Å². The van der Waals surface area contributed by atoms with E-state index in [4.69, 9.17) is 20.9 Å². The van der Waals surface area contributed by atoms with Crippen LogP contribution >= 0.6 is 21.6 Å². The summed E-state index contributed by atoms with van der Waals surface area (Å²) >= 11 is 0. The Bertz CT molecular complexity index is 1470. The smallest absolute Gasteiger partial charge is 0.247 e. The standard InChI is InChI=1S/C34H44N6O6S2/c1-33(2)17-25-39(31(43)19(35)13-15-45-25)27(33)29(41)37-21-9-5-7-11-23(21)47-48-24-12-8-6-10-22(24)38-30(42)28-34(3,4)18-26-40(28)32(44)20(36)14-16-46-26/h5-12,19-20,25-28H,13-18,35-36H2,1-4H3,(H,37,41)(H,38,42)/t19-,20-,25-,26-,27-,28?/m0/s1. The minimum Gasteiger partial charge on any atom is -0.358 e. The van der Waals surface area contributed by atoms with Crippen LogP contribution in [0.15, 0.2) is 58.3 Å². The molecule has 0 aliphatic carbocycles. The largest absolute Gasteiger partial charge is 0.358 e. The predicted molar refractivity (Wildman–Crippen MR) is 185 cm³/mol.